The van der Waals surface area contributed by atoms with E-state index in [1.165, 1.54) is 24.3 Å². The molecular weight excluding hydrogens is 348 g/mol. The predicted octanol–water partition coefficient (Wildman–Crippen LogP) is 3.45. The summed E-state index contributed by atoms with van der Waals surface area (Å²) >= 11 is 0. The fraction of sp³-hybridized carbons (Fsp3) is 0.294. The first-order valence-corrected chi connectivity index (χ1v) is 10.7. The first kappa shape index (κ1) is 18.5. The van der Waals surface area contributed by atoms with Gasteiger partial charge in [-0.3, -0.25) is 0 Å². The number of benzene rings is 2. The predicted molar refractivity (Wildman–Crippen MR) is 93.0 cm³/mol. The van der Waals surface area contributed by atoms with Gasteiger partial charge < -0.3 is 4.74 Å². The van der Waals surface area contributed by atoms with E-state index in [1.54, 1.807) is 45.0 Å². The molecule has 0 heterocycles. The smallest absolute Gasteiger partial charge is 0.180 e. The van der Waals surface area contributed by atoms with Crippen molar-refractivity contribution < 1.29 is 21.6 Å². The van der Waals surface area contributed by atoms with Crippen molar-refractivity contribution in [2.45, 2.75) is 35.8 Å². The Morgan fingerprint density at radius 3 is 1.58 bits per heavy atom. The van der Waals surface area contributed by atoms with Crippen LogP contribution in [0, 0.1) is 0 Å². The summed E-state index contributed by atoms with van der Waals surface area (Å²) in [5.74, 6) is 0.993. The average molecular weight is 368 g/mol. The first-order valence-electron chi connectivity index (χ1n) is 7.51. The molecule has 2 aromatic carbocycles. The summed E-state index contributed by atoms with van der Waals surface area (Å²) in [5.41, 5.74) is 0. The van der Waals surface area contributed by atoms with E-state index in [2.05, 4.69) is 0 Å². The third-order valence-electron chi connectivity index (χ3n) is 3.57. The lowest BCUT2D eigenvalue weighted by Crippen LogP contribution is -2.13. The van der Waals surface area contributed by atoms with E-state index in [-0.39, 0.29) is 15.5 Å². The molecule has 0 aromatic heterocycles. The number of hydrogen-bond acceptors (Lipinski definition) is 5. The van der Waals surface area contributed by atoms with Gasteiger partial charge in [0.25, 0.3) is 0 Å². The Balaban J connectivity index is 2.18. The zero-order chi connectivity index (χ0) is 18.0. The molecule has 0 atom stereocenters. The molecule has 0 aliphatic rings. The molecule has 130 valence electrons. The highest BCUT2D eigenvalue weighted by molar-refractivity contribution is 7.92. The Bertz CT molecular complexity index is 894. The van der Waals surface area contributed by atoms with E-state index in [0.29, 0.717) is 11.5 Å². The quantitative estimate of drug-likeness (QED) is 0.780. The average Bonchev–Trinajstić information content (AvgIpc) is 2.55. The van der Waals surface area contributed by atoms with Crippen LogP contribution in [0.3, 0.4) is 0 Å². The highest BCUT2D eigenvalue weighted by atomic mass is 32.2. The van der Waals surface area contributed by atoms with Gasteiger partial charge in [0.1, 0.15) is 11.5 Å². The lowest BCUT2D eigenvalue weighted by Gasteiger charge is -2.10. The van der Waals surface area contributed by atoms with Crippen molar-refractivity contribution in [1.82, 2.24) is 0 Å². The van der Waals surface area contributed by atoms with E-state index in [9.17, 15) is 16.8 Å². The molecule has 0 amide bonds. The summed E-state index contributed by atoms with van der Waals surface area (Å²) in [5, 5.41) is -0.489. The van der Waals surface area contributed by atoms with Gasteiger partial charge in [0.2, 0.25) is 0 Å². The van der Waals surface area contributed by atoms with Gasteiger partial charge >= 0.3 is 0 Å². The summed E-state index contributed by atoms with van der Waals surface area (Å²) in [7, 11) is -6.55. The van der Waals surface area contributed by atoms with E-state index < -0.39 is 24.9 Å². The molecule has 24 heavy (non-hydrogen) atoms. The van der Waals surface area contributed by atoms with Crippen LogP contribution in [-0.2, 0) is 19.7 Å². The van der Waals surface area contributed by atoms with Crippen LogP contribution >= 0.6 is 0 Å². The van der Waals surface area contributed by atoms with Crippen LogP contribution in [0.4, 0.5) is 0 Å². The Hall–Kier alpha value is -1.86. The Morgan fingerprint density at radius 2 is 1.21 bits per heavy atom. The van der Waals surface area contributed by atoms with Crippen LogP contribution in [-0.4, -0.2) is 27.8 Å². The highest BCUT2D eigenvalue weighted by Gasteiger charge is 2.18. The van der Waals surface area contributed by atoms with Crippen LogP contribution in [0.5, 0.6) is 11.5 Å². The van der Waals surface area contributed by atoms with E-state index >= 15 is 0 Å². The summed E-state index contributed by atoms with van der Waals surface area (Å²) in [6.07, 6.45) is 0. The lowest BCUT2D eigenvalue weighted by atomic mass is 10.3. The molecule has 7 heteroatoms. The van der Waals surface area contributed by atoms with Crippen LogP contribution in [0.2, 0.25) is 0 Å². The summed E-state index contributed by atoms with van der Waals surface area (Å²) < 4.78 is 53.3. The van der Waals surface area contributed by atoms with Crippen molar-refractivity contribution in [1.29, 1.82) is 0 Å². The molecule has 0 bridgehead atoms. The van der Waals surface area contributed by atoms with Gasteiger partial charge in [0.05, 0.1) is 20.8 Å². The molecule has 0 aliphatic carbocycles. The lowest BCUT2D eigenvalue weighted by molar-refractivity contribution is 0.481. The molecule has 5 nitrogen and oxygen atoms in total. The summed E-state index contributed by atoms with van der Waals surface area (Å²) in [6.45, 7) is 4.85. The van der Waals surface area contributed by atoms with Crippen molar-refractivity contribution >= 4 is 19.7 Å². The van der Waals surface area contributed by atoms with Crippen molar-refractivity contribution in [3.05, 3.63) is 48.5 Å². The normalized spacial score (nSPS) is 12.3. The minimum atomic E-state index is -3.31. The zero-order valence-corrected chi connectivity index (χ0v) is 15.4. The molecule has 0 spiro atoms. The zero-order valence-electron chi connectivity index (χ0n) is 13.8. The van der Waals surface area contributed by atoms with Crippen molar-refractivity contribution in [2.75, 3.05) is 5.75 Å². The summed E-state index contributed by atoms with van der Waals surface area (Å²) in [4.78, 5) is 0.491. The SMILES string of the molecule is CCS(=O)(=O)c1ccc(Oc2ccc(S(=O)(=O)C(C)C)cc2)cc1. The number of hydrogen-bond donors (Lipinski definition) is 0. The maximum Gasteiger partial charge on any atom is 0.180 e. The van der Waals surface area contributed by atoms with Crippen molar-refractivity contribution in [3.63, 3.8) is 0 Å². The Morgan fingerprint density at radius 1 is 0.792 bits per heavy atom. The highest BCUT2D eigenvalue weighted by Crippen LogP contribution is 2.25. The number of sulfone groups is 2. The maximum absolute atomic E-state index is 12.1. The topological polar surface area (TPSA) is 77.5 Å². The largest absolute Gasteiger partial charge is 0.457 e. The monoisotopic (exact) mass is 368 g/mol. The van der Waals surface area contributed by atoms with E-state index in [4.69, 9.17) is 4.74 Å². The van der Waals surface area contributed by atoms with Gasteiger partial charge in [-0.2, -0.15) is 0 Å². The van der Waals surface area contributed by atoms with Gasteiger partial charge in [0, 0.05) is 0 Å². The number of ether oxygens (including phenoxy) is 1. The first-order chi connectivity index (χ1) is 11.2. The van der Waals surface area contributed by atoms with Crippen LogP contribution < -0.4 is 4.74 Å². The van der Waals surface area contributed by atoms with Gasteiger partial charge in [-0.05, 0) is 62.4 Å². The third kappa shape index (κ3) is 3.96. The molecule has 0 unspecified atom stereocenters. The molecule has 0 saturated carbocycles. The fourth-order valence-electron chi connectivity index (χ4n) is 1.99. The van der Waals surface area contributed by atoms with Crippen LogP contribution in [0.15, 0.2) is 58.3 Å². The Labute approximate surface area is 143 Å². The fourth-order valence-corrected chi connectivity index (χ4v) is 3.93. The van der Waals surface area contributed by atoms with Crippen LogP contribution in [0.1, 0.15) is 20.8 Å². The summed E-state index contributed by atoms with van der Waals surface area (Å²) in [6, 6.07) is 12.3. The van der Waals surface area contributed by atoms with Gasteiger partial charge in [-0.25, -0.2) is 16.8 Å². The van der Waals surface area contributed by atoms with Crippen molar-refractivity contribution in [2.24, 2.45) is 0 Å². The second kappa shape index (κ2) is 6.94. The van der Waals surface area contributed by atoms with E-state index in [0.717, 1.165) is 0 Å². The molecular formula is C17H20O5S2. The molecule has 0 aliphatic heterocycles. The van der Waals surface area contributed by atoms with E-state index in [1.807, 2.05) is 0 Å². The molecule has 0 saturated heterocycles. The number of rotatable bonds is 6. The minimum absolute atomic E-state index is 0.0407. The van der Waals surface area contributed by atoms with Gasteiger partial charge in [-0.15, -0.1) is 0 Å². The molecule has 0 N–H and O–H groups in total. The van der Waals surface area contributed by atoms with Gasteiger partial charge in [-0.1, -0.05) is 6.92 Å². The van der Waals surface area contributed by atoms with Crippen molar-refractivity contribution in [3.8, 4) is 11.5 Å². The molecule has 0 fully saturated rings. The molecule has 2 rings (SSSR count). The Kier molecular flexibility index (Phi) is 5.35. The second-order valence-corrected chi connectivity index (χ2v) is 10.3. The molecule has 0 radical (unpaired) electrons. The third-order valence-corrected chi connectivity index (χ3v) is 7.49. The van der Waals surface area contributed by atoms with Gasteiger partial charge in [0.15, 0.2) is 19.7 Å². The maximum atomic E-state index is 12.1. The second-order valence-electron chi connectivity index (χ2n) is 5.54. The molecule has 2 aromatic rings. The van der Waals surface area contributed by atoms with Crippen LogP contribution in [0.25, 0.3) is 0 Å². The standard InChI is InChI=1S/C17H20O5S2/c1-4-23(18,19)16-9-5-14(6-10-16)22-15-7-11-17(12-8-15)24(20,21)13(2)3/h5-13H,4H2,1-3H3. The minimum Gasteiger partial charge on any atom is -0.457 e.